The fourth-order valence-corrected chi connectivity index (χ4v) is 1.87. The van der Waals surface area contributed by atoms with E-state index in [2.05, 4.69) is 4.98 Å². The van der Waals surface area contributed by atoms with Crippen LogP contribution in [-0.4, -0.2) is 22.2 Å². The maximum Gasteiger partial charge on any atom is 0.492 e. The number of fused-ring (bicyclic) bond motifs is 3. The van der Waals surface area contributed by atoms with Crippen molar-refractivity contribution in [2.45, 2.75) is 0 Å². The standard InChI is InChI=1S/C11H8BNO3/c14-12(15)9-3-1-2-7-8-6-13-5-4-10(8)16-11(7)9/h1-6,14-15H. The zero-order valence-corrected chi connectivity index (χ0v) is 8.29. The van der Waals surface area contributed by atoms with Gasteiger partial charge in [0.25, 0.3) is 0 Å². The number of benzene rings is 1. The monoisotopic (exact) mass is 213 g/mol. The first-order valence-electron chi connectivity index (χ1n) is 4.88. The van der Waals surface area contributed by atoms with Gasteiger partial charge in [0.2, 0.25) is 0 Å². The molecule has 0 fully saturated rings. The maximum absolute atomic E-state index is 9.23. The summed E-state index contributed by atoms with van der Waals surface area (Å²) in [5.41, 5.74) is 1.56. The average molecular weight is 213 g/mol. The molecule has 0 unspecified atom stereocenters. The molecule has 0 atom stereocenters. The van der Waals surface area contributed by atoms with E-state index in [9.17, 15) is 10.0 Å². The third-order valence-corrected chi connectivity index (χ3v) is 2.61. The predicted octanol–water partition coefficient (Wildman–Crippen LogP) is 0.661. The Morgan fingerprint density at radius 2 is 2.00 bits per heavy atom. The van der Waals surface area contributed by atoms with Gasteiger partial charge in [0.15, 0.2) is 0 Å². The highest BCUT2D eigenvalue weighted by Crippen LogP contribution is 2.26. The van der Waals surface area contributed by atoms with Crippen LogP contribution < -0.4 is 5.46 Å². The number of nitrogens with zero attached hydrogens (tertiary/aromatic N) is 1. The summed E-state index contributed by atoms with van der Waals surface area (Å²) < 4.78 is 5.58. The van der Waals surface area contributed by atoms with Crippen molar-refractivity contribution in [3.05, 3.63) is 36.7 Å². The van der Waals surface area contributed by atoms with Crippen LogP contribution in [0, 0.1) is 0 Å². The van der Waals surface area contributed by atoms with Crippen molar-refractivity contribution in [1.82, 2.24) is 4.98 Å². The first-order chi connectivity index (χ1) is 7.77. The molecule has 0 aliphatic heterocycles. The van der Waals surface area contributed by atoms with Gasteiger partial charge in [-0.15, -0.1) is 0 Å². The average Bonchev–Trinajstić information content (AvgIpc) is 2.67. The van der Waals surface area contributed by atoms with Gasteiger partial charge in [0.05, 0.1) is 0 Å². The van der Waals surface area contributed by atoms with Crippen LogP contribution in [0.15, 0.2) is 41.1 Å². The third kappa shape index (κ3) is 1.22. The molecule has 78 valence electrons. The summed E-state index contributed by atoms with van der Waals surface area (Å²) in [5, 5.41) is 20.2. The van der Waals surface area contributed by atoms with Crippen LogP contribution in [0.2, 0.25) is 0 Å². The van der Waals surface area contributed by atoms with Crippen LogP contribution in [0.5, 0.6) is 0 Å². The Kier molecular flexibility index (Phi) is 1.95. The van der Waals surface area contributed by atoms with E-state index in [0.717, 1.165) is 10.8 Å². The second-order valence-corrected chi connectivity index (χ2v) is 3.57. The van der Waals surface area contributed by atoms with E-state index >= 15 is 0 Å². The fourth-order valence-electron chi connectivity index (χ4n) is 1.87. The SMILES string of the molecule is OB(O)c1cccc2c1oc1ccncc12. The summed E-state index contributed by atoms with van der Waals surface area (Å²) >= 11 is 0. The molecule has 0 bridgehead atoms. The Morgan fingerprint density at radius 3 is 2.81 bits per heavy atom. The molecule has 16 heavy (non-hydrogen) atoms. The lowest BCUT2D eigenvalue weighted by Gasteiger charge is -1.98. The molecule has 2 N–H and O–H groups in total. The van der Waals surface area contributed by atoms with Crippen molar-refractivity contribution in [2.24, 2.45) is 0 Å². The number of furan rings is 1. The highest BCUT2D eigenvalue weighted by atomic mass is 16.4. The second-order valence-electron chi connectivity index (χ2n) is 3.57. The van der Waals surface area contributed by atoms with E-state index in [-0.39, 0.29) is 0 Å². The van der Waals surface area contributed by atoms with E-state index in [0.29, 0.717) is 16.6 Å². The van der Waals surface area contributed by atoms with Gasteiger partial charge in [-0.1, -0.05) is 18.2 Å². The first kappa shape index (κ1) is 9.39. The Balaban J connectivity index is 2.49. The normalized spacial score (nSPS) is 11.1. The minimum absolute atomic E-state index is 0.369. The molecule has 0 spiro atoms. The Morgan fingerprint density at radius 1 is 1.12 bits per heavy atom. The summed E-state index contributed by atoms with van der Waals surface area (Å²) in [6.45, 7) is 0. The fraction of sp³-hybridized carbons (Fsp3) is 0. The summed E-state index contributed by atoms with van der Waals surface area (Å²) in [5.74, 6) is 0. The van der Waals surface area contributed by atoms with Crippen LogP contribution in [0.3, 0.4) is 0 Å². The minimum Gasteiger partial charge on any atom is -0.456 e. The lowest BCUT2D eigenvalue weighted by molar-refractivity contribution is 0.425. The van der Waals surface area contributed by atoms with E-state index in [1.807, 2.05) is 6.07 Å². The van der Waals surface area contributed by atoms with Crippen molar-refractivity contribution >= 4 is 34.5 Å². The Labute approximate surface area is 91.3 Å². The molecule has 1 aromatic carbocycles. The molecule has 5 heteroatoms. The summed E-state index contributed by atoms with van der Waals surface area (Å²) in [6, 6.07) is 7.01. The van der Waals surface area contributed by atoms with Gasteiger partial charge in [0, 0.05) is 28.6 Å². The van der Waals surface area contributed by atoms with Crippen LogP contribution in [0.4, 0.5) is 0 Å². The van der Waals surface area contributed by atoms with E-state index in [1.165, 1.54) is 0 Å². The highest BCUT2D eigenvalue weighted by Gasteiger charge is 2.18. The van der Waals surface area contributed by atoms with Gasteiger partial charge in [-0.25, -0.2) is 0 Å². The number of rotatable bonds is 1. The second kappa shape index (κ2) is 3.33. The molecule has 3 rings (SSSR count). The minimum atomic E-state index is -1.53. The van der Waals surface area contributed by atoms with Gasteiger partial charge in [-0.05, 0) is 6.07 Å². The molecule has 0 radical (unpaired) electrons. The first-order valence-corrected chi connectivity index (χ1v) is 4.88. The molecule has 0 aliphatic carbocycles. The van der Waals surface area contributed by atoms with Gasteiger partial charge >= 0.3 is 7.12 Å². The Hall–Kier alpha value is -1.85. The zero-order valence-electron chi connectivity index (χ0n) is 8.29. The molecule has 0 saturated carbocycles. The highest BCUT2D eigenvalue weighted by molar-refractivity contribution is 6.61. The molecule has 2 aromatic heterocycles. The number of para-hydroxylation sites is 1. The summed E-state index contributed by atoms with van der Waals surface area (Å²) in [4.78, 5) is 4.02. The summed E-state index contributed by atoms with van der Waals surface area (Å²) in [7, 11) is -1.53. The number of aromatic nitrogens is 1. The van der Waals surface area contributed by atoms with Crippen LogP contribution >= 0.6 is 0 Å². The van der Waals surface area contributed by atoms with Crippen molar-refractivity contribution in [3.8, 4) is 0 Å². The molecular weight excluding hydrogens is 205 g/mol. The van der Waals surface area contributed by atoms with E-state index in [1.54, 1.807) is 30.6 Å². The molecule has 0 saturated heterocycles. The topological polar surface area (TPSA) is 66.5 Å². The van der Waals surface area contributed by atoms with Crippen molar-refractivity contribution < 1.29 is 14.5 Å². The van der Waals surface area contributed by atoms with E-state index < -0.39 is 7.12 Å². The van der Waals surface area contributed by atoms with Crippen molar-refractivity contribution in [1.29, 1.82) is 0 Å². The number of pyridine rings is 1. The van der Waals surface area contributed by atoms with Crippen LogP contribution in [0.25, 0.3) is 21.9 Å². The molecule has 4 nitrogen and oxygen atoms in total. The third-order valence-electron chi connectivity index (χ3n) is 2.61. The lowest BCUT2D eigenvalue weighted by Crippen LogP contribution is -2.29. The Bertz CT molecular complexity index is 662. The predicted molar refractivity (Wildman–Crippen MR) is 61.3 cm³/mol. The molecule has 3 aromatic rings. The molecular formula is C11H8BNO3. The van der Waals surface area contributed by atoms with Gasteiger partial charge < -0.3 is 14.5 Å². The van der Waals surface area contributed by atoms with Crippen LogP contribution in [0.1, 0.15) is 0 Å². The zero-order chi connectivity index (χ0) is 11.1. The van der Waals surface area contributed by atoms with E-state index in [4.69, 9.17) is 4.42 Å². The number of hydrogen-bond donors (Lipinski definition) is 2. The van der Waals surface area contributed by atoms with Crippen molar-refractivity contribution in [2.75, 3.05) is 0 Å². The van der Waals surface area contributed by atoms with Crippen molar-refractivity contribution in [3.63, 3.8) is 0 Å². The molecule has 0 amide bonds. The maximum atomic E-state index is 9.23. The number of hydrogen-bond acceptors (Lipinski definition) is 4. The largest absolute Gasteiger partial charge is 0.492 e. The smallest absolute Gasteiger partial charge is 0.456 e. The van der Waals surface area contributed by atoms with Crippen LogP contribution in [-0.2, 0) is 0 Å². The quantitative estimate of drug-likeness (QED) is 0.582. The lowest BCUT2D eigenvalue weighted by atomic mass is 9.79. The summed E-state index contributed by atoms with van der Waals surface area (Å²) in [6.07, 6.45) is 3.34. The van der Waals surface area contributed by atoms with Gasteiger partial charge in [-0.2, -0.15) is 0 Å². The van der Waals surface area contributed by atoms with Gasteiger partial charge in [0.1, 0.15) is 11.2 Å². The van der Waals surface area contributed by atoms with Gasteiger partial charge in [-0.3, -0.25) is 4.98 Å². The molecule has 0 aliphatic rings. The molecule has 2 heterocycles.